The molecule has 1 amide bonds. The Morgan fingerprint density at radius 1 is 1.26 bits per heavy atom. The topological polar surface area (TPSA) is 50.6 Å². The lowest BCUT2D eigenvalue weighted by atomic mass is 9.97. The van der Waals surface area contributed by atoms with Gasteiger partial charge >= 0.3 is 0 Å². The van der Waals surface area contributed by atoms with Gasteiger partial charge in [-0.2, -0.15) is 0 Å². The molecule has 2 aliphatic heterocycles. The molecule has 3 heterocycles. The van der Waals surface area contributed by atoms with E-state index in [1.54, 1.807) is 0 Å². The Morgan fingerprint density at radius 2 is 2.04 bits per heavy atom. The van der Waals surface area contributed by atoms with Crippen LogP contribution in [0.15, 0.2) is 12.4 Å². The summed E-state index contributed by atoms with van der Waals surface area (Å²) in [6.45, 7) is 3.95. The van der Waals surface area contributed by atoms with Gasteiger partial charge in [-0.25, -0.2) is 4.98 Å². The average molecular weight is 320 g/mol. The molecular weight excluding hydrogens is 292 g/mol. The lowest BCUT2D eigenvalue weighted by Gasteiger charge is -2.33. The van der Waals surface area contributed by atoms with Crippen molar-refractivity contribution in [2.45, 2.75) is 37.7 Å². The van der Waals surface area contributed by atoms with Crippen LogP contribution in [-0.4, -0.2) is 71.2 Å². The van der Waals surface area contributed by atoms with Crippen LogP contribution in [0.2, 0.25) is 0 Å². The Hall–Kier alpha value is -1.40. The molecule has 6 nitrogen and oxygen atoms in total. The van der Waals surface area contributed by atoms with Gasteiger partial charge in [0.15, 0.2) is 0 Å². The SMILES string of the molecule is CN1CCC(OCC(=O)N2CCCC(c3nccn3C)C2)CC1. The van der Waals surface area contributed by atoms with E-state index in [2.05, 4.69) is 21.5 Å². The number of amides is 1. The minimum atomic E-state index is 0.128. The standard InChI is InChI=1S/C17H28N4O2/c1-19-9-5-15(6-10-19)23-13-16(22)21-8-3-4-14(12-21)17-18-7-11-20(17)2/h7,11,14-15H,3-6,8-10,12-13H2,1-2H3. The quantitative estimate of drug-likeness (QED) is 0.837. The normalized spacial score (nSPS) is 24.1. The van der Waals surface area contributed by atoms with E-state index in [1.165, 1.54) is 0 Å². The molecule has 0 bridgehead atoms. The second-order valence-electron chi connectivity index (χ2n) is 6.89. The Morgan fingerprint density at radius 3 is 2.74 bits per heavy atom. The summed E-state index contributed by atoms with van der Waals surface area (Å²) in [6.07, 6.45) is 8.24. The predicted octanol–water partition coefficient (Wildman–Crippen LogP) is 1.24. The highest BCUT2D eigenvalue weighted by Crippen LogP contribution is 2.25. The number of hydrogen-bond acceptors (Lipinski definition) is 4. The van der Waals surface area contributed by atoms with Gasteiger partial charge < -0.3 is 19.1 Å². The van der Waals surface area contributed by atoms with Gasteiger partial charge in [-0.05, 0) is 32.7 Å². The number of aromatic nitrogens is 2. The fourth-order valence-corrected chi connectivity index (χ4v) is 3.62. The number of rotatable bonds is 4. The highest BCUT2D eigenvalue weighted by atomic mass is 16.5. The molecular formula is C17H28N4O2. The van der Waals surface area contributed by atoms with E-state index in [4.69, 9.17) is 4.74 Å². The number of likely N-dealkylation sites (tertiary alicyclic amines) is 2. The zero-order valence-electron chi connectivity index (χ0n) is 14.3. The Bertz CT molecular complexity index is 522. The number of carbonyl (C=O) groups is 1. The smallest absolute Gasteiger partial charge is 0.248 e. The van der Waals surface area contributed by atoms with Crippen molar-refractivity contribution in [2.75, 3.05) is 39.8 Å². The van der Waals surface area contributed by atoms with E-state index in [0.29, 0.717) is 5.92 Å². The monoisotopic (exact) mass is 320 g/mol. The fourth-order valence-electron chi connectivity index (χ4n) is 3.62. The third-order valence-corrected chi connectivity index (χ3v) is 5.11. The summed E-state index contributed by atoms with van der Waals surface area (Å²) < 4.78 is 7.92. The van der Waals surface area contributed by atoms with Crippen LogP contribution in [0.25, 0.3) is 0 Å². The van der Waals surface area contributed by atoms with E-state index in [0.717, 1.165) is 57.7 Å². The second kappa shape index (κ2) is 7.45. The fraction of sp³-hybridized carbons (Fsp3) is 0.765. The molecule has 1 atom stereocenters. The van der Waals surface area contributed by atoms with Gasteiger partial charge in [0.25, 0.3) is 0 Å². The number of piperidine rings is 2. The molecule has 23 heavy (non-hydrogen) atoms. The minimum Gasteiger partial charge on any atom is -0.368 e. The van der Waals surface area contributed by atoms with Crippen molar-refractivity contribution in [1.82, 2.24) is 19.4 Å². The Kier molecular flexibility index (Phi) is 5.33. The van der Waals surface area contributed by atoms with Crippen LogP contribution in [0, 0.1) is 0 Å². The Labute approximate surface area is 138 Å². The van der Waals surface area contributed by atoms with Crippen molar-refractivity contribution in [3.8, 4) is 0 Å². The van der Waals surface area contributed by atoms with Gasteiger partial charge in [-0.15, -0.1) is 0 Å². The molecule has 1 unspecified atom stereocenters. The summed E-state index contributed by atoms with van der Waals surface area (Å²) in [5, 5.41) is 0. The third kappa shape index (κ3) is 4.12. The van der Waals surface area contributed by atoms with Crippen LogP contribution < -0.4 is 0 Å². The summed E-state index contributed by atoms with van der Waals surface area (Å²) in [5.74, 6) is 1.55. The molecule has 2 fully saturated rings. The molecule has 1 aromatic heterocycles. The van der Waals surface area contributed by atoms with Crippen LogP contribution >= 0.6 is 0 Å². The van der Waals surface area contributed by atoms with Crippen LogP contribution in [0.1, 0.15) is 37.4 Å². The first-order valence-corrected chi connectivity index (χ1v) is 8.68. The molecule has 0 aromatic carbocycles. The second-order valence-corrected chi connectivity index (χ2v) is 6.89. The highest BCUT2D eigenvalue weighted by molar-refractivity contribution is 5.77. The molecule has 1 aromatic rings. The summed E-state index contributed by atoms with van der Waals surface area (Å²) in [7, 11) is 4.15. The third-order valence-electron chi connectivity index (χ3n) is 5.11. The van der Waals surface area contributed by atoms with Crippen molar-refractivity contribution >= 4 is 5.91 Å². The maximum Gasteiger partial charge on any atom is 0.248 e. The number of ether oxygens (including phenoxy) is 1. The van der Waals surface area contributed by atoms with E-state index in [9.17, 15) is 4.79 Å². The lowest BCUT2D eigenvalue weighted by Crippen LogP contribution is -2.43. The molecule has 0 aliphatic carbocycles. The van der Waals surface area contributed by atoms with Crippen LogP contribution in [-0.2, 0) is 16.6 Å². The van der Waals surface area contributed by atoms with Crippen molar-refractivity contribution in [2.24, 2.45) is 7.05 Å². The van der Waals surface area contributed by atoms with Crippen LogP contribution in [0.4, 0.5) is 0 Å². The predicted molar refractivity (Wildman–Crippen MR) is 88.2 cm³/mol. The zero-order valence-corrected chi connectivity index (χ0v) is 14.3. The molecule has 0 spiro atoms. The maximum absolute atomic E-state index is 12.5. The van der Waals surface area contributed by atoms with Gasteiger partial charge in [-0.3, -0.25) is 4.79 Å². The van der Waals surface area contributed by atoms with E-state index in [-0.39, 0.29) is 18.6 Å². The van der Waals surface area contributed by atoms with Gasteiger partial charge in [0.2, 0.25) is 5.91 Å². The first-order chi connectivity index (χ1) is 11.1. The van der Waals surface area contributed by atoms with Gasteiger partial charge in [-0.1, -0.05) is 0 Å². The molecule has 2 saturated heterocycles. The first-order valence-electron chi connectivity index (χ1n) is 8.68. The van der Waals surface area contributed by atoms with Crippen LogP contribution in [0.3, 0.4) is 0 Å². The average Bonchev–Trinajstić information content (AvgIpc) is 3.00. The summed E-state index contributed by atoms with van der Waals surface area (Å²) in [6, 6.07) is 0. The number of aryl methyl sites for hydroxylation is 1. The zero-order chi connectivity index (χ0) is 16.2. The van der Waals surface area contributed by atoms with E-state index >= 15 is 0 Å². The largest absolute Gasteiger partial charge is 0.368 e. The van der Waals surface area contributed by atoms with Crippen LogP contribution in [0.5, 0.6) is 0 Å². The van der Waals surface area contributed by atoms with Gasteiger partial charge in [0.05, 0.1) is 6.10 Å². The molecule has 0 radical (unpaired) electrons. The van der Waals surface area contributed by atoms with Crippen molar-refractivity contribution < 1.29 is 9.53 Å². The summed E-state index contributed by atoms with van der Waals surface area (Å²) in [4.78, 5) is 21.2. The Balaban J connectivity index is 1.48. The van der Waals surface area contributed by atoms with Gasteiger partial charge in [0.1, 0.15) is 12.4 Å². The van der Waals surface area contributed by atoms with Crippen molar-refractivity contribution in [3.05, 3.63) is 18.2 Å². The molecule has 0 saturated carbocycles. The molecule has 2 aliphatic rings. The van der Waals surface area contributed by atoms with Crippen molar-refractivity contribution in [3.63, 3.8) is 0 Å². The molecule has 3 rings (SSSR count). The summed E-state index contributed by atoms with van der Waals surface area (Å²) >= 11 is 0. The molecule has 128 valence electrons. The van der Waals surface area contributed by atoms with Crippen molar-refractivity contribution in [1.29, 1.82) is 0 Å². The summed E-state index contributed by atoms with van der Waals surface area (Å²) in [5.41, 5.74) is 0. The number of imidazole rings is 1. The minimum absolute atomic E-state index is 0.128. The van der Waals surface area contributed by atoms with Gasteiger partial charge in [0, 0.05) is 51.5 Å². The number of carbonyl (C=O) groups excluding carboxylic acids is 1. The lowest BCUT2D eigenvalue weighted by molar-refractivity contribution is -0.140. The van der Waals surface area contributed by atoms with E-state index < -0.39 is 0 Å². The number of hydrogen-bond donors (Lipinski definition) is 0. The first kappa shape index (κ1) is 16.5. The molecule has 6 heteroatoms. The highest BCUT2D eigenvalue weighted by Gasteiger charge is 2.27. The number of nitrogens with zero attached hydrogens (tertiary/aromatic N) is 4. The van der Waals surface area contributed by atoms with E-state index in [1.807, 2.05) is 24.3 Å². The molecule has 0 N–H and O–H groups in total. The maximum atomic E-state index is 12.5.